The molecule has 0 aromatic heterocycles. The lowest BCUT2D eigenvalue weighted by atomic mass is 9.64. The Hall–Kier alpha value is -0.370. The van der Waals surface area contributed by atoms with Crippen molar-refractivity contribution in [1.82, 2.24) is 4.90 Å². The molecule has 2 aliphatic carbocycles. The van der Waals surface area contributed by atoms with Gasteiger partial charge in [0.25, 0.3) is 0 Å². The second-order valence-electron chi connectivity index (χ2n) is 5.95. The quantitative estimate of drug-likeness (QED) is 0.575. The average molecular weight is 191 g/mol. The van der Waals surface area contributed by atoms with Gasteiger partial charge in [-0.1, -0.05) is 6.92 Å². The summed E-state index contributed by atoms with van der Waals surface area (Å²) >= 11 is 0. The molecule has 2 saturated carbocycles. The summed E-state index contributed by atoms with van der Waals surface area (Å²) in [5, 5.41) is 0. The highest BCUT2D eigenvalue weighted by atomic mass is 16.1. The zero-order chi connectivity index (χ0) is 9.45. The molecule has 1 unspecified atom stereocenters. The molecule has 6 bridgehead atoms. The summed E-state index contributed by atoms with van der Waals surface area (Å²) in [6.45, 7) is 3.47. The Morgan fingerprint density at radius 1 is 1.21 bits per heavy atom. The van der Waals surface area contributed by atoms with Crippen LogP contribution in [-0.2, 0) is 4.79 Å². The molecule has 0 aromatic rings. The predicted molar refractivity (Wildman–Crippen MR) is 52.8 cm³/mol. The maximum atomic E-state index is 12.0. The van der Waals surface area contributed by atoms with E-state index < -0.39 is 0 Å². The first-order valence-electron chi connectivity index (χ1n) is 6.05. The highest BCUT2D eigenvalue weighted by Gasteiger charge is 2.63. The molecule has 0 aromatic carbocycles. The monoisotopic (exact) mass is 191 g/mol. The van der Waals surface area contributed by atoms with E-state index in [0.29, 0.717) is 17.7 Å². The highest BCUT2D eigenvalue weighted by Crippen LogP contribution is 2.57. The van der Waals surface area contributed by atoms with E-state index in [2.05, 4.69) is 11.8 Å². The Morgan fingerprint density at radius 3 is 2.93 bits per heavy atom. The van der Waals surface area contributed by atoms with Gasteiger partial charge in [-0.2, -0.15) is 0 Å². The topological polar surface area (TPSA) is 20.3 Å². The lowest BCUT2D eigenvalue weighted by Crippen LogP contribution is -2.43. The number of nitrogens with zero attached hydrogens (tertiary/aromatic N) is 1. The van der Waals surface area contributed by atoms with Crippen molar-refractivity contribution in [2.45, 2.75) is 38.3 Å². The Morgan fingerprint density at radius 2 is 2.07 bits per heavy atom. The number of Topliss-reactive ketones (excluding diaryl/α,β-unsaturated/α-hetero) is 1. The number of piperidine rings is 1. The first kappa shape index (κ1) is 7.86. The highest BCUT2D eigenvalue weighted by molar-refractivity contribution is 5.90. The zero-order valence-corrected chi connectivity index (χ0v) is 8.65. The summed E-state index contributed by atoms with van der Waals surface area (Å²) in [6, 6.07) is 1.16. The van der Waals surface area contributed by atoms with E-state index >= 15 is 0 Å². The van der Waals surface area contributed by atoms with Crippen LogP contribution in [0.2, 0.25) is 0 Å². The average Bonchev–Trinajstić information content (AvgIpc) is 2.44. The van der Waals surface area contributed by atoms with Crippen molar-refractivity contribution in [1.29, 1.82) is 0 Å². The maximum absolute atomic E-state index is 12.0. The molecule has 5 rings (SSSR count). The molecule has 5 fully saturated rings. The number of ketones is 1. The molecule has 0 N–H and O–H groups in total. The third kappa shape index (κ3) is 0.690. The van der Waals surface area contributed by atoms with Gasteiger partial charge in [-0.15, -0.1) is 0 Å². The van der Waals surface area contributed by atoms with E-state index in [0.717, 1.165) is 30.3 Å². The van der Waals surface area contributed by atoms with Crippen molar-refractivity contribution in [3.05, 3.63) is 0 Å². The van der Waals surface area contributed by atoms with Crippen LogP contribution in [0.25, 0.3) is 0 Å². The molecule has 3 saturated heterocycles. The molecule has 76 valence electrons. The van der Waals surface area contributed by atoms with Gasteiger partial charge in [-0.3, -0.25) is 9.69 Å². The molecule has 5 aliphatic rings. The van der Waals surface area contributed by atoms with Gasteiger partial charge in [-0.05, 0) is 37.0 Å². The maximum Gasteiger partial charge on any atom is 0.154 e. The molecular weight excluding hydrogens is 174 g/mol. The third-order valence-electron chi connectivity index (χ3n) is 5.23. The second kappa shape index (κ2) is 2.24. The van der Waals surface area contributed by atoms with Gasteiger partial charge < -0.3 is 0 Å². The van der Waals surface area contributed by atoms with Crippen molar-refractivity contribution in [2.75, 3.05) is 6.54 Å². The van der Waals surface area contributed by atoms with Gasteiger partial charge in [-0.25, -0.2) is 0 Å². The molecule has 2 nitrogen and oxygen atoms in total. The zero-order valence-electron chi connectivity index (χ0n) is 8.65. The van der Waals surface area contributed by atoms with Crippen LogP contribution in [0.3, 0.4) is 0 Å². The minimum atomic E-state index is 0.369. The molecular formula is C12H17NO. The van der Waals surface area contributed by atoms with Crippen molar-refractivity contribution in [2.24, 2.45) is 23.7 Å². The molecule has 14 heavy (non-hydrogen) atoms. The van der Waals surface area contributed by atoms with E-state index in [1.54, 1.807) is 0 Å². The SMILES string of the molecule is C[C@@H]1C[C@@H]2[C@H]3C[C@@H]4CN([C@H]3C1)[C@H]2C4=O. The van der Waals surface area contributed by atoms with Crippen molar-refractivity contribution < 1.29 is 4.79 Å². The van der Waals surface area contributed by atoms with E-state index in [4.69, 9.17) is 0 Å². The largest absolute Gasteiger partial charge is 0.298 e. The summed E-state index contributed by atoms with van der Waals surface area (Å²) in [4.78, 5) is 14.6. The van der Waals surface area contributed by atoms with Crippen LogP contribution in [0.1, 0.15) is 26.2 Å². The van der Waals surface area contributed by atoms with Crippen LogP contribution in [0.4, 0.5) is 0 Å². The van der Waals surface area contributed by atoms with Crippen LogP contribution in [0.5, 0.6) is 0 Å². The van der Waals surface area contributed by atoms with Crippen LogP contribution >= 0.6 is 0 Å². The standard InChI is InChI=1S/C12H17NO/c1-6-2-9-8-4-7-5-13(10(8)3-6)11(9)12(7)14/h6-11H,2-5H2,1H3/t6-,7-,8-,9-,10+,11-/m1/s1. The number of rotatable bonds is 0. The van der Waals surface area contributed by atoms with Gasteiger partial charge in [0, 0.05) is 18.5 Å². The van der Waals surface area contributed by atoms with Crippen LogP contribution in [-0.4, -0.2) is 29.3 Å². The minimum absolute atomic E-state index is 0.369. The predicted octanol–water partition coefficient (Wildman–Crippen LogP) is 1.30. The number of carbonyl (C=O) groups excluding carboxylic acids is 1. The number of hydrogen-bond acceptors (Lipinski definition) is 2. The Kier molecular flexibility index (Phi) is 1.26. The molecule has 0 radical (unpaired) electrons. The normalized spacial score (nSPS) is 63.8. The van der Waals surface area contributed by atoms with E-state index in [-0.39, 0.29) is 0 Å². The summed E-state index contributed by atoms with van der Waals surface area (Å²) in [7, 11) is 0. The molecule has 3 heterocycles. The fraction of sp³-hybridized carbons (Fsp3) is 0.917. The van der Waals surface area contributed by atoms with Crippen LogP contribution in [0, 0.1) is 23.7 Å². The molecule has 0 spiro atoms. The molecule has 0 amide bonds. The van der Waals surface area contributed by atoms with Crippen molar-refractivity contribution >= 4 is 5.78 Å². The summed E-state index contributed by atoms with van der Waals surface area (Å²) in [6.07, 6.45) is 3.91. The third-order valence-corrected chi connectivity index (χ3v) is 5.23. The van der Waals surface area contributed by atoms with E-state index in [1.807, 2.05) is 0 Å². The van der Waals surface area contributed by atoms with Gasteiger partial charge in [0.2, 0.25) is 0 Å². The smallest absolute Gasteiger partial charge is 0.154 e. The van der Waals surface area contributed by atoms with Gasteiger partial charge in [0.05, 0.1) is 6.04 Å². The van der Waals surface area contributed by atoms with E-state index in [1.165, 1.54) is 19.3 Å². The van der Waals surface area contributed by atoms with Crippen molar-refractivity contribution in [3.8, 4) is 0 Å². The number of hydrogen-bond donors (Lipinski definition) is 0. The van der Waals surface area contributed by atoms with Gasteiger partial charge >= 0.3 is 0 Å². The molecule has 2 heteroatoms. The lowest BCUT2D eigenvalue weighted by Gasteiger charge is -2.40. The van der Waals surface area contributed by atoms with Crippen LogP contribution < -0.4 is 0 Å². The van der Waals surface area contributed by atoms with Gasteiger partial charge in [0.1, 0.15) is 0 Å². The van der Waals surface area contributed by atoms with Gasteiger partial charge in [0.15, 0.2) is 5.78 Å². The van der Waals surface area contributed by atoms with Crippen molar-refractivity contribution in [3.63, 3.8) is 0 Å². The Bertz CT molecular complexity index is 313. The lowest BCUT2D eigenvalue weighted by molar-refractivity contribution is -0.125. The molecule has 3 aliphatic heterocycles. The summed E-state index contributed by atoms with van der Waals surface area (Å²) in [5.41, 5.74) is 0. The Balaban J connectivity index is 1.81. The fourth-order valence-corrected chi connectivity index (χ4v) is 4.87. The van der Waals surface area contributed by atoms with Crippen LogP contribution in [0.15, 0.2) is 0 Å². The van der Waals surface area contributed by atoms with E-state index in [9.17, 15) is 4.79 Å². The first-order valence-corrected chi connectivity index (χ1v) is 6.05. The number of carbonyl (C=O) groups is 1. The summed E-state index contributed by atoms with van der Waals surface area (Å²) in [5.74, 6) is 3.53. The Labute approximate surface area is 84.7 Å². The summed E-state index contributed by atoms with van der Waals surface area (Å²) < 4.78 is 0. The fourth-order valence-electron chi connectivity index (χ4n) is 4.87. The second-order valence-corrected chi connectivity index (χ2v) is 5.95. The molecule has 7 atom stereocenters. The first-order chi connectivity index (χ1) is 6.75. The minimum Gasteiger partial charge on any atom is -0.298 e.